The van der Waals surface area contributed by atoms with Crippen molar-refractivity contribution >= 4 is 61.7 Å². The zero-order valence-electron chi connectivity index (χ0n) is 26.3. The van der Waals surface area contributed by atoms with Crippen molar-refractivity contribution in [1.29, 1.82) is 0 Å². The molecule has 0 radical (unpaired) electrons. The van der Waals surface area contributed by atoms with Gasteiger partial charge < -0.3 is 14.2 Å². The van der Waals surface area contributed by atoms with Crippen LogP contribution in [-0.2, 0) is 16.1 Å². The Morgan fingerprint density at radius 1 is 1.09 bits per heavy atom. The van der Waals surface area contributed by atoms with Crippen LogP contribution in [0.4, 0.5) is 0 Å². The number of halogens is 2. The van der Waals surface area contributed by atoms with Gasteiger partial charge in [0.05, 0.1) is 38.0 Å². The normalized spacial score (nSPS) is 14.7. The highest BCUT2D eigenvalue weighted by atomic mass is 79.9. The fourth-order valence-corrected chi connectivity index (χ4v) is 7.71. The van der Waals surface area contributed by atoms with Gasteiger partial charge in [0.2, 0.25) is 0 Å². The van der Waals surface area contributed by atoms with E-state index in [1.54, 1.807) is 30.6 Å². The number of hydrogen-bond acceptors (Lipinski definition) is 7. The first-order chi connectivity index (χ1) is 22.7. The number of benzene rings is 4. The molecule has 1 aliphatic heterocycles. The minimum absolute atomic E-state index is 0.120. The fourth-order valence-electron chi connectivity index (χ4n) is 5.67. The van der Waals surface area contributed by atoms with Crippen LogP contribution >= 0.6 is 38.9 Å². The predicted octanol–water partition coefficient (Wildman–Crippen LogP) is 7.73. The van der Waals surface area contributed by atoms with Crippen molar-refractivity contribution in [3.63, 3.8) is 0 Å². The molecule has 0 bridgehead atoms. The second-order valence-corrected chi connectivity index (χ2v) is 13.5. The van der Waals surface area contributed by atoms with Gasteiger partial charge in [-0.15, -0.1) is 0 Å². The van der Waals surface area contributed by atoms with E-state index in [2.05, 4.69) is 39.1 Å². The second-order valence-electron chi connectivity index (χ2n) is 11.2. The van der Waals surface area contributed by atoms with E-state index in [1.807, 2.05) is 68.4 Å². The molecule has 0 spiro atoms. The summed E-state index contributed by atoms with van der Waals surface area (Å²) in [5.74, 6) is 0.560. The molecule has 0 saturated heterocycles. The van der Waals surface area contributed by atoms with Gasteiger partial charge in [0.25, 0.3) is 5.56 Å². The molecule has 7 nitrogen and oxygen atoms in total. The SMILES string of the molecule is CCOC(=O)C1=C(C)N=c2s/c(=C/c3cc(Cl)c(OCc4cccc5ccccc45)c(Br)c3)c(=O)n2[C@H]1c1ccccc1OC(C)C. The van der Waals surface area contributed by atoms with Gasteiger partial charge in [-0.25, -0.2) is 9.79 Å². The average molecular weight is 732 g/mol. The summed E-state index contributed by atoms with van der Waals surface area (Å²) < 4.78 is 20.4. The molecule has 10 heteroatoms. The Kier molecular flexibility index (Phi) is 9.68. The van der Waals surface area contributed by atoms with Gasteiger partial charge in [-0.05, 0) is 89.8 Å². The Morgan fingerprint density at radius 2 is 1.83 bits per heavy atom. The highest BCUT2D eigenvalue weighted by molar-refractivity contribution is 9.10. The Balaban J connectivity index is 1.40. The van der Waals surface area contributed by atoms with E-state index in [-0.39, 0.29) is 18.3 Å². The van der Waals surface area contributed by atoms with Crippen LogP contribution in [0.25, 0.3) is 16.8 Å². The average Bonchev–Trinajstić information content (AvgIpc) is 3.33. The summed E-state index contributed by atoms with van der Waals surface area (Å²) in [6, 6.07) is 24.5. The lowest BCUT2D eigenvalue weighted by Gasteiger charge is -2.26. The van der Waals surface area contributed by atoms with E-state index < -0.39 is 12.0 Å². The van der Waals surface area contributed by atoms with Crippen molar-refractivity contribution < 1.29 is 19.0 Å². The number of carbonyl (C=O) groups is 1. The quantitative estimate of drug-likeness (QED) is 0.145. The summed E-state index contributed by atoms with van der Waals surface area (Å²) in [6.45, 7) is 7.89. The minimum Gasteiger partial charge on any atom is -0.491 e. The zero-order chi connectivity index (χ0) is 33.2. The monoisotopic (exact) mass is 730 g/mol. The standard InChI is InChI=1S/C37H32BrClN2O5S/c1-5-44-36(43)32-22(4)40-37-41(33(32)27-15-8-9-16-30(27)46-21(2)3)35(42)31(47-37)19-23-17-28(38)34(29(39)18-23)45-20-25-13-10-12-24-11-6-7-14-26(24)25/h6-19,21,33H,5,20H2,1-4H3/b31-19+/t33-/m0/s1. The number of ether oxygens (including phenoxy) is 3. The molecule has 47 heavy (non-hydrogen) atoms. The number of allylic oxidation sites excluding steroid dienone is 1. The van der Waals surface area contributed by atoms with Crippen LogP contribution in [0.15, 0.2) is 104 Å². The van der Waals surface area contributed by atoms with Crippen LogP contribution in [0.5, 0.6) is 11.5 Å². The molecule has 0 saturated carbocycles. The van der Waals surface area contributed by atoms with Crippen molar-refractivity contribution in [1.82, 2.24) is 4.57 Å². The van der Waals surface area contributed by atoms with Gasteiger partial charge in [-0.1, -0.05) is 83.6 Å². The van der Waals surface area contributed by atoms with E-state index in [0.717, 1.165) is 16.3 Å². The lowest BCUT2D eigenvalue weighted by Crippen LogP contribution is -2.40. The molecule has 1 aromatic heterocycles. The maximum atomic E-state index is 14.2. The number of aromatic nitrogens is 1. The summed E-state index contributed by atoms with van der Waals surface area (Å²) in [5.41, 5.74) is 2.90. The van der Waals surface area contributed by atoms with Gasteiger partial charge in [0.15, 0.2) is 10.6 Å². The number of para-hydroxylation sites is 1. The summed E-state index contributed by atoms with van der Waals surface area (Å²) in [6.07, 6.45) is 1.65. The van der Waals surface area contributed by atoms with Gasteiger partial charge in [0.1, 0.15) is 18.4 Å². The topological polar surface area (TPSA) is 79.1 Å². The van der Waals surface area contributed by atoms with Crippen LogP contribution in [0.2, 0.25) is 5.02 Å². The third-order valence-electron chi connectivity index (χ3n) is 7.66. The first-order valence-electron chi connectivity index (χ1n) is 15.2. The van der Waals surface area contributed by atoms with Crippen LogP contribution < -0.4 is 24.4 Å². The van der Waals surface area contributed by atoms with Crippen molar-refractivity contribution in [3.05, 3.63) is 136 Å². The molecule has 0 unspecified atom stereocenters. The van der Waals surface area contributed by atoms with Gasteiger partial charge >= 0.3 is 5.97 Å². The van der Waals surface area contributed by atoms with E-state index in [9.17, 15) is 9.59 Å². The van der Waals surface area contributed by atoms with E-state index >= 15 is 0 Å². The molecule has 0 aliphatic carbocycles. The van der Waals surface area contributed by atoms with Crippen molar-refractivity contribution in [2.24, 2.45) is 4.99 Å². The fraction of sp³-hybridized carbons (Fsp3) is 0.216. The van der Waals surface area contributed by atoms with E-state index in [4.69, 9.17) is 25.8 Å². The Labute approximate surface area is 289 Å². The number of esters is 1. The predicted molar refractivity (Wildman–Crippen MR) is 190 cm³/mol. The Hall–Kier alpha value is -4.18. The molecule has 240 valence electrons. The van der Waals surface area contributed by atoms with Gasteiger partial charge in [0, 0.05) is 5.56 Å². The molecule has 0 fully saturated rings. The molecular weight excluding hydrogens is 700 g/mol. The first kappa shape index (κ1) is 32.7. The summed E-state index contributed by atoms with van der Waals surface area (Å²) in [5, 5.41) is 2.65. The zero-order valence-corrected chi connectivity index (χ0v) is 29.4. The largest absolute Gasteiger partial charge is 0.491 e. The van der Waals surface area contributed by atoms with Crippen LogP contribution in [-0.4, -0.2) is 23.2 Å². The summed E-state index contributed by atoms with van der Waals surface area (Å²) >= 11 is 11.6. The van der Waals surface area contributed by atoms with Crippen molar-refractivity contribution in [2.75, 3.05) is 6.61 Å². The Bertz CT molecular complexity index is 2190. The van der Waals surface area contributed by atoms with Crippen molar-refractivity contribution in [3.8, 4) is 11.5 Å². The second kappa shape index (κ2) is 13.9. The van der Waals surface area contributed by atoms with Crippen LogP contribution in [0.1, 0.15) is 50.4 Å². The molecule has 0 amide bonds. The van der Waals surface area contributed by atoms with Gasteiger partial charge in [-0.3, -0.25) is 9.36 Å². The van der Waals surface area contributed by atoms with Gasteiger partial charge in [-0.2, -0.15) is 0 Å². The van der Waals surface area contributed by atoms with Crippen molar-refractivity contribution in [2.45, 2.75) is 46.4 Å². The number of carbonyl (C=O) groups excluding carboxylic acids is 1. The molecule has 1 aliphatic rings. The molecule has 0 N–H and O–H groups in total. The van der Waals surface area contributed by atoms with E-state index in [0.29, 0.717) is 59.3 Å². The highest BCUT2D eigenvalue weighted by Crippen LogP contribution is 2.37. The minimum atomic E-state index is -0.789. The third-order valence-corrected chi connectivity index (χ3v) is 9.52. The number of hydrogen-bond donors (Lipinski definition) is 0. The number of fused-ring (bicyclic) bond motifs is 2. The first-order valence-corrected chi connectivity index (χ1v) is 17.2. The van der Waals surface area contributed by atoms with E-state index in [1.165, 1.54) is 11.3 Å². The Morgan fingerprint density at radius 3 is 2.60 bits per heavy atom. The third kappa shape index (κ3) is 6.66. The number of rotatable bonds is 9. The van der Waals surface area contributed by atoms with Crippen LogP contribution in [0, 0.1) is 0 Å². The maximum Gasteiger partial charge on any atom is 0.338 e. The molecule has 1 atom stereocenters. The smallest absolute Gasteiger partial charge is 0.338 e. The highest BCUT2D eigenvalue weighted by Gasteiger charge is 2.35. The maximum absolute atomic E-state index is 14.2. The molecule has 5 aromatic rings. The lowest BCUT2D eigenvalue weighted by molar-refractivity contribution is -0.139. The molecular formula is C37H32BrClN2O5S. The summed E-state index contributed by atoms with van der Waals surface area (Å²) in [7, 11) is 0. The lowest BCUT2D eigenvalue weighted by atomic mass is 9.95. The molecule has 6 rings (SSSR count). The summed E-state index contributed by atoms with van der Waals surface area (Å²) in [4.78, 5) is 32.7. The molecule has 2 heterocycles. The molecule has 4 aromatic carbocycles. The van der Waals surface area contributed by atoms with Crippen LogP contribution in [0.3, 0.4) is 0 Å². The number of thiazole rings is 1. The number of nitrogens with zero attached hydrogens (tertiary/aromatic N) is 2.